The third-order valence-corrected chi connectivity index (χ3v) is 5.63. The zero-order valence-corrected chi connectivity index (χ0v) is 18.2. The van der Waals surface area contributed by atoms with E-state index in [1.54, 1.807) is 33.9 Å². The van der Waals surface area contributed by atoms with Gasteiger partial charge in [0.2, 0.25) is 11.6 Å². The predicted molar refractivity (Wildman–Crippen MR) is 110 cm³/mol. The fraction of sp³-hybridized carbons (Fsp3) is 0.500. The summed E-state index contributed by atoms with van der Waals surface area (Å²) < 4.78 is 21.3. The second kappa shape index (κ2) is 7.93. The summed E-state index contributed by atoms with van der Waals surface area (Å²) in [7, 11) is 1.60. The van der Waals surface area contributed by atoms with Crippen LogP contribution in [0.3, 0.4) is 0 Å². The van der Waals surface area contributed by atoms with E-state index >= 15 is 0 Å². The van der Waals surface area contributed by atoms with E-state index in [4.69, 9.17) is 4.74 Å². The number of carbonyl (C=O) groups excluding carboxylic acids is 1. The number of aromatic hydroxyl groups is 1. The van der Waals surface area contributed by atoms with Crippen LogP contribution in [-0.4, -0.2) is 60.1 Å². The Morgan fingerprint density at radius 3 is 2.88 bits per heavy atom. The summed E-state index contributed by atoms with van der Waals surface area (Å²) in [6.07, 6.45) is 1.72. The number of rotatable bonds is 4. The van der Waals surface area contributed by atoms with Gasteiger partial charge in [-0.3, -0.25) is 14.2 Å². The molecule has 2 aromatic heterocycles. The maximum atomic E-state index is 14.3. The number of carbonyl (C=O) groups is 1. The average molecular weight is 445 g/mol. The van der Waals surface area contributed by atoms with Crippen molar-refractivity contribution in [2.24, 2.45) is 13.0 Å². The number of hydrogen-bond donors (Lipinski definition) is 2. The van der Waals surface area contributed by atoms with Crippen LogP contribution >= 0.6 is 0 Å². The average Bonchev–Trinajstić information content (AvgIpc) is 3.17. The van der Waals surface area contributed by atoms with Crippen LogP contribution in [0.5, 0.6) is 5.75 Å². The van der Waals surface area contributed by atoms with Crippen molar-refractivity contribution in [3.05, 3.63) is 45.4 Å². The Kier molecular flexibility index (Phi) is 5.41. The molecule has 4 rings (SSSR count). The number of aromatic nitrogens is 6. The summed E-state index contributed by atoms with van der Waals surface area (Å²) >= 11 is 0. The molecule has 0 saturated carbocycles. The van der Waals surface area contributed by atoms with Crippen LogP contribution in [0.1, 0.15) is 42.9 Å². The highest BCUT2D eigenvalue weighted by atomic mass is 19.1. The molecule has 2 N–H and O–H groups in total. The summed E-state index contributed by atoms with van der Waals surface area (Å²) in [5.74, 6) is -1.50. The van der Waals surface area contributed by atoms with Crippen molar-refractivity contribution in [2.45, 2.75) is 39.1 Å². The van der Waals surface area contributed by atoms with Crippen molar-refractivity contribution in [3.63, 3.8) is 0 Å². The Morgan fingerprint density at radius 2 is 2.19 bits per heavy atom. The van der Waals surface area contributed by atoms with E-state index in [1.807, 2.05) is 0 Å². The van der Waals surface area contributed by atoms with Crippen LogP contribution in [0, 0.1) is 5.92 Å². The number of alkyl halides is 1. The molecule has 0 aromatic carbocycles. The number of halogens is 1. The predicted octanol–water partition coefficient (Wildman–Crippen LogP) is 0.465. The van der Waals surface area contributed by atoms with Crippen LogP contribution in [0.15, 0.2) is 22.5 Å². The molecule has 170 valence electrons. The van der Waals surface area contributed by atoms with Gasteiger partial charge in [-0.25, -0.2) is 9.37 Å². The van der Waals surface area contributed by atoms with Crippen LogP contribution in [0.2, 0.25) is 0 Å². The Balaban J connectivity index is 1.65. The minimum Gasteiger partial charge on any atom is -0.501 e. The number of amides is 1. The third-order valence-electron chi connectivity index (χ3n) is 5.63. The van der Waals surface area contributed by atoms with Crippen molar-refractivity contribution in [2.75, 3.05) is 13.2 Å². The first kappa shape index (κ1) is 21.8. The molecule has 0 fully saturated rings. The standard InChI is InChI=1S/C20H24FN7O4/c1-10-12(21)6-5-11(13(10)16-24-26-27(4)25-16)9-22-17(30)14-15(29)18(31)28-7-8-32-20(2,3)19(28)23-14/h5-6,10,12,29H,7-9H2,1-4H3,(H,22,30). The van der Waals surface area contributed by atoms with Crippen LogP contribution in [0.25, 0.3) is 5.57 Å². The number of nitrogens with zero attached hydrogens (tertiary/aromatic N) is 6. The molecule has 32 heavy (non-hydrogen) atoms. The van der Waals surface area contributed by atoms with E-state index in [0.29, 0.717) is 17.8 Å². The first-order chi connectivity index (χ1) is 15.1. The molecular weight excluding hydrogens is 421 g/mol. The molecule has 1 aliphatic heterocycles. The maximum absolute atomic E-state index is 14.3. The highest BCUT2D eigenvalue weighted by molar-refractivity contribution is 5.95. The van der Waals surface area contributed by atoms with Gasteiger partial charge in [0.25, 0.3) is 11.5 Å². The summed E-state index contributed by atoms with van der Waals surface area (Å²) in [5.41, 5.74) is -0.885. The fourth-order valence-corrected chi connectivity index (χ4v) is 3.90. The van der Waals surface area contributed by atoms with Gasteiger partial charge in [-0.15, -0.1) is 10.2 Å². The topological polar surface area (TPSA) is 137 Å². The van der Waals surface area contributed by atoms with Crippen molar-refractivity contribution in [3.8, 4) is 5.75 Å². The van der Waals surface area contributed by atoms with Crippen molar-refractivity contribution < 1.29 is 19.0 Å². The third kappa shape index (κ3) is 3.70. The van der Waals surface area contributed by atoms with E-state index in [0.717, 1.165) is 0 Å². The molecule has 0 bridgehead atoms. The van der Waals surface area contributed by atoms with E-state index in [1.165, 1.54) is 15.4 Å². The zero-order chi connectivity index (χ0) is 23.2. The zero-order valence-electron chi connectivity index (χ0n) is 18.2. The molecule has 3 heterocycles. The normalized spacial score (nSPS) is 22.0. The number of tetrazole rings is 1. The molecule has 2 unspecified atom stereocenters. The maximum Gasteiger partial charge on any atom is 0.296 e. The molecule has 2 aliphatic rings. The highest BCUT2D eigenvalue weighted by Crippen LogP contribution is 2.33. The Labute approximate surface area is 182 Å². The van der Waals surface area contributed by atoms with E-state index in [2.05, 4.69) is 25.7 Å². The number of hydrogen-bond acceptors (Lipinski definition) is 8. The lowest BCUT2D eigenvalue weighted by molar-refractivity contribution is -0.0566. The van der Waals surface area contributed by atoms with E-state index in [-0.39, 0.29) is 24.7 Å². The molecule has 2 atom stereocenters. The summed E-state index contributed by atoms with van der Waals surface area (Å²) in [6.45, 7) is 5.67. The molecule has 0 spiro atoms. The lowest BCUT2D eigenvalue weighted by Gasteiger charge is -2.32. The first-order valence-corrected chi connectivity index (χ1v) is 10.2. The minimum atomic E-state index is -1.23. The lowest BCUT2D eigenvalue weighted by atomic mass is 9.86. The summed E-state index contributed by atoms with van der Waals surface area (Å²) in [4.78, 5) is 31.0. The van der Waals surface area contributed by atoms with Crippen LogP contribution in [0.4, 0.5) is 4.39 Å². The number of ether oxygens (including phenoxy) is 1. The Morgan fingerprint density at radius 1 is 1.44 bits per heavy atom. The van der Waals surface area contributed by atoms with E-state index in [9.17, 15) is 19.1 Å². The van der Waals surface area contributed by atoms with Gasteiger partial charge in [0, 0.05) is 18.0 Å². The number of allylic oxidation sites excluding steroid dienone is 2. The van der Waals surface area contributed by atoms with Crippen molar-refractivity contribution >= 4 is 11.5 Å². The Bertz CT molecular complexity index is 1200. The fourth-order valence-electron chi connectivity index (χ4n) is 3.90. The number of nitrogens with one attached hydrogen (secondary N) is 1. The van der Waals surface area contributed by atoms with Gasteiger partial charge in [0.05, 0.1) is 20.2 Å². The van der Waals surface area contributed by atoms with Crippen molar-refractivity contribution in [1.29, 1.82) is 0 Å². The quantitative estimate of drug-likeness (QED) is 0.693. The largest absolute Gasteiger partial charge is 0.501 e. The molecule has 12 heteroatoms. The molecular formula is C20H24FN7O4. The molecule has 1 amide bonds. The lowest BCUT2D eigenvalue weighted by Crippen LogP contribution is -2.42. The molecule has 11 nitrogen and oxygen atoms in total. The van der Waals surface area contributed by atoms with Gasteiger partial charge in [-0.2, -0.15) is 4.80 Å². The molecule has 2 aromatic rings. The van der Waals surface area contributed by atoms with E-state index < -0.39 is 40.6 Å². The van der Waals surface area contributed by atoms with Gasteiger partial charge in [0.1, 0.15) is 17.6 Å². The van der Waals surface area contributed by atoms with Gasteiger partial charge in [-0.1, -0.05) is 13.0 Å². The number of fused-ring (bicyclic) bond motifs is 1. The molecule has 0 radical (unpaired) electrons. The Hall–Kier alpha value is -3.41. The minimum absolute atomic E-state index is 0.0145. The number of aryl methyl sites for hydroxylation is 1. The van der Waals surface area contributed by atoms with Crippen LogP contribution < -0.4 is 10.9 Å². The highest BCUT2D eigenvalue weighted by Gasteiger charge is 2.34. The van der Waals surface area contributed by atoms with Gasteiger partial charge in [-0.05, 0) is 30.7 Å². The van der Waals surface area contributed by atoms with Gasteiger partial charge >= 0.3 is 0 Å². The van der Waals surface area contributed by atoms with Gasteiger partial charge in [0.15, 0.2) is 5.69 Å². The van der Waals surface area contributed by atoms with Crippen molar-refractivity contribution in [1.82, 2.24) is 35.1 Å². The summed E-state index contributed by atoms with van der Waals surface area (Å²) in [5, 5.41) is 24.9. The van der Waals surface area contributed by atoms with Crippen LogP contribution in [-0.2, 0) is 23.9 Å². The second-order valence-corrected chi connectivity index (χ2v) is 8.26. The first-order valence-electron chi connectivity index (χ1n) is 10.2. The summed E-state index contributed by atoms with van der Waals surface area (Å²) in [6, 6.07) is 0. The molecule has 1 aliphatic carbocycles. The SMILES string of the molecule is CC1C(c2nnn(C)n2)=C(CNC(=O)c2nc3n(c(=O)c2O)CCOC3(C)C)C=CC1F. The molecule has 0 saturated heterocycles. The smallest absolute Gasteiger partial charge is 0.296 e. The van der Waals surface area contributed by atoms with Gasteiger partial charge < -0.3 is 15.2 Å². The monoisotopic (exact) mass is 445 g/mol. The second-order valence-electron chi connectivity index (χ2n) is 8.26.